The topological polar surface area (TPSA) is 58.6 Å². The molecule has 1 rings (SSSR count). The molecule has 1 fully saturated rings. The van der Waals surface area contributed by atoms with Crippen LogP contribution in [0.4, 0.5) is 0 Å². The van der Waals surface area contributed by atoms with E-state index in [0.717, 1.165) is 6.42 Å². The normalized spacial score (nSPS) is 30.1. The van der Waals surface area contributed by atoms with Crippen LogP contribution >= 0.6 is 0 Å². The van der Waals surface area contributed by atoms with Crippen molar-refractivity contribution in [2.45, 2.75) is 44.9 Å². The van der Waals surface area contributed by atoms with E-state index >= 15 is 0 Å². The van der Waals surface area contributed by atoms with E-state index in [1.165, 1.54) is 0 Å². The predicted octanol–water partition coefficient (Wildman–Crippen LogP) is 0.0509. The number of β-amino-alcohol motifs (C(OH)–C–C–N with tert-alkyl or cyclic N) is 1. The van der Waals surface area contributed by atoms with Crippen molar-refractivity contribution < 1.29 is 14.6 Å². The Morgan fingerprint density at radius 2 is 2.46 bits per heavy atom. The number of hydrogen-bond acceptors (Lipinski definition) is 4. The lowest BCUT2D eigenvalue weighted by Crippen LogP contribution is -2.34. The molecule has 0 saturated carbocycles. The first-order chi connectivity index (χ1) is 6.13. The van der Waals surface area contributed by atoms with Gasteiger partial charge in [-0.05, 0) is 13.3 Å². The number of nitrogens with one attached hydrogen (secondary N) is 1. The summed E-state index contributed by atoms with van der Waals surface area (Å²) in [4.78, 5) is 11.4. The second-order valence-electron chi connectivity index (χ2n) is 3.51. The van der Waals surface area contributed by atoms with E-state index in [1.807, 2.05) is 13.8 Å². The molecule has 1 aliphatic rings. The minimum Gasteiger partial charge on any atom is -0.462 e. The number of carbonyl (C=O) groups is 1. The number of rotatable bonds is 3. The minimum atomic E-state index is -0.408. The molecular weight excluding hydrogens is 170 g/mol. The molecule has 1 saturated heterocycles. The van der Waals surface area contributed by atoms with Crippen LogP contribution in [0.25, 0.3) is 0 Å². The zero-order valence-electron chi connectivity index (χ0n) is 8.12. The van der Waals surface area contributed by atoms with Gasteiger partial charge >= 0.3 is 5.97 Å². The maximum Gasteiger partial charge on any atom is 0.323 e. The highest BCUT2D eigenvalue weighted by Gasteiger charge is 2.29. The predicted molar refractivity (Wildman–Crippen MR) is 48.3 cm³/mol. The van der Waals surface area contributed by atoms with Crippen molar-refractivity contribution in [2.75, 3.05) is 6.54 Å². The lowest BCUT2D eigenvalue weighted by atomic mass is 10.2. The van der Waals surface area contributed by atoms with Gasteiger partial charge in [-0.25, -0.2) is 0 Å². The van der Waals surface area contributed by atoms with Gasteiger partial charge in [-0.3, -0.25) is 4.79 Å². The third-order valence-electron chi connectivity index (χ3n) is 2.28. The molecule has 0 radical (unpaired) electrons. The van der Waals surface area contributed by atoms with Crippen molar-refractivity contribution in [3.8, 4) is 0 Å². The quantitative estimate of drug-likeness (QED) is 0.613. The molecule has 0 aromatic rings. The molecular formula is C9H17NO3. The van der Waals surface area contributed by atoms with Crippen LogP contribution in [0, 0.1) is 0 Å². The molecule has 76 valence electrons. The van der Waals surface area contributed by atoms with Crippen LogP contribution in [0.2, 0.25) is 0 Å². The summed E-state index contributed by atoms with van der Waals surface area (Å²) in [6.07, 6.45) is 0.845. The fourth-order valence-corrected chi connectivity index (χ4v) is 1.26. The van der Waals surface area contributed by atoms with Crippen LogP contribution in [0.15, 0.2) is 0 Å². The summed E-state index contributed by atoms with van der Waals surface area (Å²) in [6, 6.07) is -0.316. The SMILES string of the molecule is CCC(C)OC(=O)[C@H]1C[C@@H](O)CN1. The molecule has 0 bridgehead atoms. The lowest BCUT2D eigenvalue weighted by Gasteiger charge is -2.14. The van der Waals surface area contributed by atoms with E-state index in [1.54, 1.807) is 0 Å². The molecule has 1 aliphatic heterocycles. The van der Waals surface area contributed by atoms with Gasteiger partial charge in [0.2, 0.25) is 0 Å². The third kappa shape index (κ3) is 2.97. The zero-order chi connectivity index (χ0) is 9.84. The molecule has 2 N–H and O–H groups in total. The number of esters is 1. The maximum atomic E-state index is 11.4. The molecule has 0 aromatic heterocycles. The Labute approximate surface area is 78.3 Å². The Kier molecular flexibility index (Phi) is 3.69. The van der Waals surface area contributed by atoms with E-state index in [0.29, 0.717) is 13.0 Å². The van der Waals surface area contributed by atoms with Crippen molar-refractivity contribution in [1.29, 1.82) is 0 Å². The summed E-state index contributed by atoms with van der Waals surface area (Å²) in [5.41, 5.74) is 0. The van der Waals surface area contributed by atoms with Gasteiger partial charge in [-0.15, -0.1) is 0 Å². The van der Waals surface area contributed by atoms with Gasteiger partial charge in [0.25, 0.3) is 0 Å². The Hall–Kier alpha value is -0.610. The van der Waals surface area contributed by atoms with Gasteiger partial charge in [0.15, 0.2) is 0 Å². The molecule has 0 aromatic carbocycles. The van der Waals surface area contributed by atoms with E-state index in [-0.39, 0.29) is 18.1 Å². The van der Waals surface area contributed by atoms with Crippen LogP contribution in [-0.2, 0) is 9.53 Å². The second-order valence-corrected chi connectivity index (χ2v) is 3.51. The number of aliphatic hydroxyl groups excluding tert-OH is 1. The summed E-state index contributed by atoms with van der Waals surface area (Å²) in [5, 5.41) is 12.1. The number of carbonyl (C=O) groups excluding carboxylic acids is 1. The first kappa shape index (κ1) is 10.5. The molecule has 13 heavy (non-hydrogen) atoms. The highest BCUT2D eigenvalue weighted by atomic mass is 16.5. The molecule has 4 nitrogen and oxygen atoms in total. The van der Waals surface area contributed by atoms with Gasteiger partial charge in [-0.2, -0.15) is 0 Å². The second kappa shape index (κ2) is 4.58. The van der Waals surface area contributed by atoms with E-state index < -0.39 is 6.10 Å². The zero-order valence-corrected chi connectivity index (χ0v) is 8.12. The first-order valence-electron chi connectivity index (χ1n) is 4.75. The molecule has 0 amide bonds. The van der Waals surface area contributed by atoms with Crippen LogP contribution in [0.1, 0.15) is 26.7 Å². The number of hydrogen-bond donors (Lipinski definition) is 2. The Morgan fingerprint density at radius 1 is 1.77 bits per heavy atom. The van der Waals surface area contributed by atoms with Gasteiger partial charge < -0.3 is 15.2 Å². The summed E-state index contributed by atoms with van der Waals surface area (Å²) < 4.78 is 5.12. The molecule has 3 atom stereocenters. The van der Waals surface area contributed by atoms with E-state index in [4.69, 9.17) is 9.84 Å². The van der Waals surface area contributed by atoms with Crippen molar-refractivity contribution in [3.05, 3.63) is 0 Å². The minimum absolute atomic E-state index is 0.0351. The smallest absolute Gasteiger partial charge is 0.323 e. The summed E-state index contributed by atoms with van der Waals surface area (Å²) in [5.74, 6) is -0.245. The van der Waals surface area contributed by atoms with E-state index in [2.05, 4.69) is 5.32 Å². The summed E-state index contributed by atoms with van der Waals surface area (Å²) in [6.45, 7) is 4.32. The van der Waals surface area contributed by atoms with Gasteiger partial charge in [0.1, 0.15) is 6.04 Å². The Balaban J connectivity index is 2.31. The van der Waals surface area contributed by atoms with Crippen LogP contribution in [0.3, 0.4) is 0 Å². The van der Waals surface area contributed by atoms with Crippen LogP contribution in [-0.4, -0.2) is 35.9 Å². The van der Waals surface area contributed by atoms with Gasteiger partial charge in [-0.1, -0.05) is 6.92 Å². The summed E-state index contributed by atoms with van der Waals surface area (Å²) in [7, 11) is 0. The van der Waals surface area contributed by atoms with Crippen molar-refractivity contribution in [2.24, 2.45) is 0 Å². The Bertz CT molecular complexity index is 184. The largest absolute Gasteiger partial charge is 0.462 e. The molecule has 0 aliphatic carbocycles. The standard InChI is InChI=1S/C9H17NO3/c1-3-6(2)13-9(12)8-4-7(11)5-10-8/h6-8,10-11H,3-5H2,1-2H3/t6?,7-,8-/m1/s1. The summed E-state index contributed by atoms with van der Waals surface area (Å²) >= 11 is 0. The average molecular weight is 187 g/mol. The number of ether oxygens (including phenoxy) is 1. The maximum absolute atomic E-state index is 11.4. The molecule has 1 heterocycles. The fourth-order valence-electron chi connectivity index (χ4n) is 1.26. The van der Waals surface area contributed by atoms with Gasteiger partial charge in [0.05, 0.1) is 12.2 Å². The van der Waals surface area contributed by atoms with E-state index in [9.17, 15) is 4.79 Å². The number of aliphatic hydroxyl groups is 1. The Morgan fingerprint density at radius 3 is 2.92 bits per heavy atom. The monoisotopic (exact) mass is 187 g/mol. The van der Waals surface area contributed by atoms with Crippen LogP contribution in [0.5, 0.6) is 0 Å². The van der Waals surface area contributed by atoms with Crippen molar-refractivity contribution in [1.82, 2.24) is 5.32 Å². The van der Waals surface area contributed by atoms with Crippen molar-refractivity contribution >= 4 is 5.97 Å². The fraction of sp³-hybridized carbons (Fsp3) is 0.889. The third-order valence-corrected chi connectivity index (χ3v) is 2.28. The average Bonchev–Trinajstić information content (AvgIpc) is 2.51. The lowest BCUT2D eigenvalue weighted by molar-refractivity contribution is -0.150. The van der Waals surface area contributed by atoms with Crippen molar-refractivity contribution in [3.63, 3.8) is 0 Å². The van der Waals surface area contributed by atoms with Gasteiger partial charge in [0, 0.05) is 13.0 Å². The van der Waals surface area contributed by atoms with Crippen LogP contribution < -0.4 is 5.32 Å². The molecule has 1 unspecified atom stereocenters. The highest BCUT2D eigenvalue weighted by molar-refractivity contribution is 5.76. The molecule has 0 spiro atoms. The molecule has 4 heteroatoms. The highest BCUT2D eigenvalue weighted by Crippen LogP contribution is 2.09. The first-order valence-corrected chi connectivity index (χ1v) is 4.75.